The summed E-state index contributed by atoms with van der Waals surface area (Å²) in [6.07, 6.45) is 5.17. The van der Waals surface area contributed by atoms with E-state index in [-0.39, 0.29) is 0 Å². The molecule has 0 atom stereocenters. The Morgan fingerprint density at radius 2 is 2.06 bits per heavy atom. The number of nitrogens with zero attached hydrogens (tertiary/aromatic N) is 1. The van der Waals surface area contributed by atoms with E-state index in [4.69, 9.17) is 16.0 Å². The quantitative estimate of drug-likeness (QED) is 0.627. The third-order valence-electron chi connectivity index (χ3n) is 2.54. The number of halogens is 1. The lowest BCUT2D eigenvalue weighted by atomic mass is 10.0. The standard InChI is InChI=1S/C13H8ClNO/c14-10-1-2-12-11(9-4-6-16-8-9)3-5-15-13(12)7-10/h1-8H. The maximum atomic E-state index is 5.94. The van der Waals surface area contributed by atoms with E-state index in [1.165, 1.54) is 0 Å². The molecule has 0 aliphatic carbocycles. The van der Waals surface area contributed by atoms with E-state index < -0.39 is 0 Å². The van der Waals surface area contributed by atoms with E-state index in [2.05, 4.69) is 4.98 Å². The van der Waals surface area contributed by atoms with Gasteiger partial charge in [-0.05, 0) is 29.8 Å². The highest BCUT2D eigenvalue weighted by Crippen LogP contribution is 2.28. The van der Waals surface area contributed by atoms with Crippen molar-refractivity contribution in [2.24, 2.45) is 0 Å². The van der Waals surface area contributed by atoms with Gasteiger partial charge in [-0.3, -0.25) is 4.98 Å². The second-order valence-corrected chi connectivity index (χ2v) is 3.97. The molecular formula is C13H8ClNO. The summed E-state index contributed by atoms with van der Waals surface area (Å²) in [4.78, 5) is 4.30. The fourth-order valence-corrected chi connectivity index (χ4v) is 1.96. The van der Waals surface area contributed by atoms with Crippen molar-refractivity contribution in [1.82, 2.24) is 4.98 Å². The SMILES string of the molecule is Clc1ccc2c(-c3ccoc3)ccnc2c1. The lowest BCUT2D eigenvalue weighted by molar-refractivity contribution is 0.568. The first-order valence-electron chi connectivity index (χ1n) is 4.91. The van der Waals surface area contributed by atoms with Crippen LogP contribution in [0.25, 0.3) is 22.0 Å². The molecule has 2 heterocycles. The van der Waals surface area contributed by atoms with Gasteiger partial charge in [0, 0.05) is 22.2 Å². The minimum atomic E-state index is 0.698. The molecule has 16 heavy (non-hydrogen) atoms. The number of fused-ring (bicyclic) bond motifs is 1. The average Bonchev–Trinajstić information content (AvgIpc) is 2.81. The van der Waals surface area contributed by atoms with Crippen LogP contribution in [0.4, 0.5) is 0 Å². The second kappa shape index (κ2) is 3.65. The highest BCUT2D eigenvalue weighted by atomic mass is 35.5. The molecule has 0 aliphatic heterocycles. The van der Waals surface area contributed by atoms with E-state index in [0.717, 1.165) is 22.0 Å². The molecule has 0 radical (unpaired) electrons. The van der Waals surface area contributed by atoms with Crippen LogP contribution >= 0.6 is 11.6 Å². The maximum Gasteiger partial charge on any atom is 0.0981 e. The second-order valence-electron chi connectivity index (χ2n) is 3.53. The van der Waals surface area contributed by atoms with Gasteiger partial charge >= 0.3 is 0 Å². The molecule has 3 heteroatoms. The fraction of sp³-hybridized carbons (Fsp3) is 0. The molecule has 78 valence electrons. The van der Waals surface area contributed by atoms with E-state index >= 15 is 0 Å². The minimum Gasteiger partial charge on any atom is -0.472 e. The fourth-order valence-electron chi connectivity index (χ4n) is 1.79. The molecule has 0 bridgehead atoms. The van der Waals surface area contributed by atoms with Crippen molar-refractivity contribution in [3.05, 3.63) is 54.1 Å². The third kappa shape index (κ3) is 1.48. The number of hydrogen-bond acceptors (Lipinski definition) is 2. The van der Waals surface area contributed by atoms with Crippen molar-refractivity contribution in [2.75, 3.05) is 0 Å². The highest BCUT2D eigenvalue weighted by Gasteiger charge is 2.05. The predicted molar refractivity (Wildman–Crippen MR) is 64.5 cm³/mol. The molecule has 0 spiro atoms. The lowest BCUT2D eigenvalue weighted by Gasteiger charge is -2.03. The van der Waals surface area contributed by atoms with Gasteiger partial charge in [-0.1, -0.05) is 17.7 Å². The first kappa shape index (κ1) is 9.43. The van der Waals surface area contributed by atoms with Crippen LogP contribution in [-0.4, -0.2) is 4.98 Å². The summed E-state index contributed by atoms with van der Waals surface area (Å²) in [5.74, 6) is 0. The zero-order chi connectivity index (χ0) is 11.0. The van der Waals surface area contributed by atoms with Crippen molar-refractivity contribution < 1.29 is 4.42 Å². The van der Waals surface area contributed by atoms with Crippen molar-refractivity contribution in [3.8, 4) is 11.1 Å². The lowest BCUT2D eigenvalue weighted by Crippen LogP contribution is -1.82. The number of hydrogen-bond donors (Lipinski definition) is 0. The third-order valence-corrected chi connectivity index (χ3v) is 2.77. The molecule has 2 nitrogen and oxygen atoms in total. The molecular weight excluding hydrogens is 222 g/mol. The monoisotopic (exact) mass is 229 g/mol. The Morgan fingerprint density at radius 1 is 1.12 bits per heavy atom. The predicted octanol–water partition coefficient (Wildman–Crippen LogP) is 4.15. The Morgan fingerprint density at radius 3 is 2.88 bits per heavy atom. The molecule has 0 fully saturated rings. The van der Waals surface area contributed by atoms with Gasteiger partial charge in [0.15, 0.2) is 0 Å². The number of benzene rings is 1. The van der Waals surface area contributed by atoms with E-state index in [1.807, 2.05) is 30.3 Å². The first-order valence-corrected chi connectivity index (χ1v) is 5.29. The zero-order valence-corrected chi connectivity index (χ0v) is 9.11. The van der Waals surface area contributed by atoms with Gasteiger partial charge < -0.3 is 4.42 Å². The summed E-state index contributed by atoms with van der Waals surface area (Å²) in [5, 5.41) is 1.78. The van der Waals surface area contributed by atoms with Gasteiger partial charge in [0.1, 0.15) is 0 Å². The van der Waals surface area contributed by atoms with Crippen molar-refractivity contribution in [2.45, 2.75) is 0 Å². The molecule has 0 amide bonds. The number of aromatic nitrogens is 1. The number of pyridine rings is 1. The van der Waals surface area contributed by atoms with Crippen molar-refractivity contribution in [1.29, 1.82) is 0 Å². The summed E-state index contributed by atoms with van der Waals surface area (Å²) in [7, 11) is 0. The Hall–Kier alpha value is -1.80. The van der Waals surface area contributed by atoms with Crippen LogP contribution in [0, 0.1) is 0 Å². The largest absolute Gasteiger partial charge is 0.472 e. The van der Waals surface area contributed by atoms with E-state index in [1.54, 1.807) is 18.7 Å². The molecule has 0 saturated heterocycles. The summed E-state index contributed by atoms with van der Waals surface area (Å²) < 4.78 is 5.10. The van der Waals surface area contributed by atoms with E-state index in [9.17, 15) is 0 Å². The molecule has 3 aromatic rings. The van der Waals surface area contributed by atoms with Crippen molar-refractivity contribution in [3.63, 3.8) is 0 Å². The van der Waals surface area contributed by atoms with Crippen molar-refractivity contribution >= 4 is 22.5 Å². The average molecular weight is 230 g/mol. The Labute approximate surface area is 97.5 Å². The maximum absolute atomic E-state index is 5.94. The van der Waals surface area contributed by atoms with Gasteiger partial charge in [-0.2, -0.15) is 0 Å². The number of rotatable bonds is 1. The Kier molecular flexibility index (Phi) is 2.15. The highest BCUT2D eigenvalue weighted by molar-refractivity contribution is 6.31. The van der Waals surface area contributed by atoms with Crippen LogP contribution in [-0.2, 0) is 0 Å². The zero-order valence-electron chi connectivity index (χ0n) is 8.35. The summed E-state index contributed by atoms with van der Waals surface area (Å²) in [6, 6.07) is 9.62. The van der Waals surface area contributed by atoms with Gasteiger partial charge in [0.2, 0.25) is 0 Å². The van der Waals surface area contributed by atoms with Crippen LogP contribution in [0.2, 0.25) is 5.02 Å². The van der Waals surface area contributed by atoms with Gasteiger partial charge in [-0.15, -0.1) is 0 Å². The minimum absolute atomic E-state index is 0.698. The molecule has 2 aromatic heterocycles. The van der Waals surface area contributed by atoms with Crippen LogP contribution in [0.1, 0.15) is 0 Å². The smallest absolute Gasteiger partial charge is 0.0981 e. The van der Waals surface area contributed by atoms with Gasteiger partial charge in [0.25, 0.3) is 0 Å². The molecule has 0 saturated carbocycles. The Balaban J connectivity index is 2.34. The van der Waals surface area contributed by atoms with Crippen LogP contribution in [0.3, 0.4) is 0 Å². The normalized spacial score (nSPS) is 10.8. The van der Waals surface area contributed by atoms with Crippen LogP contribution < -0.4 is 0 Å². The topological polar surface area (TPSA) is 26.0 Å². The summed E-state index contributed by atoms with van der Waals surface area (Å²) >= 11 is 5.94. The van der Waals surface area contributed by atoms with E-state index in [0.29, 0.717) is 5.02 Å². The molecule has 1 aromatic carbocycles. The molecule has 0 unspecified atom stereocenters. The van der Waals surface area contributed by atoms with Crippen LogP contribution in [0.5, 0.6) is 0 Å². The summed E-state index contributed by atoms with van der Waals surface area (Å²) in [5.41, 5.74) is 3.05. The number of furan rings is 1. The molecule has 3 rings (SSSR count). The molecule has 0 aliphatic rings. The Bertz CT molecular complexity index is 631. The van der Waals surface area contributed by atoms with Crippen LogP contribution in [0.15, 0.2) is 53.5 Å². The first-order chi connectivity index (χ1) is 7.84. The summed E-state index contributed by atoms with van der Waals surface area (Å²) in [6.45, 7) is 0. The van der Waals surface area contributed by atoms with Gasteiger partial charge in [-0.25, -0.2) is 0 Å². The molecule has 0 N–H and O–H groups in total. The van der Waals surface area contributed by atoms with Gasteiger partial charge in [0.05, 0.1) is 18.0 Å².